The summed E-state index contributed by atoms with van der Waals surface area (Å²) in [5.41, 5.74) is 2.21. The third-order valence-electron chi connectivity index (χ3n) is 5.32. The highest BCUT2D eigenvalue weighted by molar-refractivity contribution is 5.84. The van der Waals surface area contributed by atoms with Crippen LogP contribution in [0.1, 0.15) is 17.7 Å². The Morgan fingerprint density at radius 1 is 0.962 bits per heavy atom. The van der Waals surface area contributed by atoms with Gasteiger partial charge in [-0.1, -0.05) is 12.1 Å². The van der Waals surface area contributed by atoms with E-state index in [1.54, 1.807) is 6.20 Å². The third kappa shape index (κ3) is 3.92. The molecule has 2 aromatic rings. The van der Waals surface area contributed by atoms with Gasteiger partial charge < -0.3 is 4.90 Å². The monoisotopic (exact) mass is 351 g/mol. The summed E-state index contributed by atoms with van der Waals surface area (Å²) >= 11 is 0. The van der Waals surface area contributed by atoms with E-state index < -0.39 is 0 Å². The number of pyridine rings is 2. The smallest absolute Gasteiger partial charge is 0.240 e. The van der Waals surface area contributed by atoms with Crippen molar-refractivity contribution in [3.63, 3.8) is 0 Å². The van der Waals surface area contributed by atoms with E-state index in [1.165, 1.54) is 5.56 Å². The van der Waals surface area contributed by atoms with E-state index >= 15 is 0 Å². The highest BCUT2D eigenvalue weighted by Gasteiger charge is 2.37. The fourth-order valence-corrected chi connectivity index (χ4v) is 3.89. The Labute approximate surface area is 154 Å². The number of aromatic nitrogens is 2. The van der Waals surface area contributed by atoms with Crippen LogP contribution in [-0.4, -0.2) is 69.3 Å². The molecule has 6 nitrogen and oxygen atoms in total. The van der Waals surface area contributed by atoms with Gasteiger partial charge in [0.1, 0.15) is 0 Å². The van der Waals surface area contributed by atoms with Gasteiger partial charge in [-0.05, 0) is 30.2 Å². The molecule has 0 aliphatic carbocycles. The van der Waals surface area contributed by atoms with Crippen molar-refractivity contribution < 1.29 is 4.79 Å². The summed E-state index contributed by atoms with van der Waals surface area (Å²) in [6, 6.07) is 10.0. The molecule has 0 saturated carbocycles. The number of carbonyl (C=O) groups excluding carboxylic acids is 1. The van der Waals surface area contributed by atoms with Gasteiger partial charge in [-0.15, -0.1) is 0 Å². The standard InChI is InChI=1S/C20H25N5O/c26-20-19(6-9-25(20)16-18-5-1-2-8-22-18)24-12-10-23(11-13-24)15-17-4-3-7-21-14-17/h1-5,7-8,14,19H,6,9-13,15-16H2. The highest BCUT2D eigenvalue weighted by atomic mass is 16.2. The van der Waals surface area contributed by atoms with Crippen LogP contribution in [0.25, 0.3) is 0 Å². The minimum atomic E-state index is 0.0410. The number of nitrogens with zero attached hydrogens (tertiary/aromatic N) is 5. The normalized spacial score (nSPS) is 22.1. The van der Waals surface area contributed by atoms with Crippen molar-refractivity contribution in [2.75, 3.05) is 32.7 Å². The van der Waals surface area contributed by atoms with E-state index in [0.717, 1.165) is 51.4 Å². The van der Waals surface area contributed by atoms with Crippen LogP contribution in [0.2, 0.25) is 0 Å². The zero-order valence-corrected chi connectivity index (χ0v) is 15.0. The number of piperazine rings is 1. The predicted molar refractivity (Wildman–Crippen MR) is 99.1 cm³/mol. The lowest BCUT2D eigenvalue weighted by Crippen LogP contribution is -2.52. The number of likely N-dealkylation sites (tertiary alicyclic amines) is 1. The van der Waals surface area contributed by atoms with Crippen LogP contribution in [0.4, 0.5) is 0 Å². The van der Waals surface area contributed by atoms with Gasteiger partial charge in [0.25, 0.3) is 0 Å². The summed E-state index contributed by atoms with van der Waals surface area (Å²) in [5, 5.41) is 0. The van der Waals surface area contributed by atoms with Crippen molar-refractivity contribution in [2.24, 2.45) is 0 Å². The molecule has 4 rings (SSSR count). The molecule has 6 heteroatoms. The number of amides is 1. The SMILES string of the molecule is O=C1C(N2CCN(Cc3cccnc3)CC2)CCN1Cc1ccccn1. The van der Waals surface area contributed by atoms with Gasteiger partial charge in [-0.2, -0.15) is 0 Å². The first-order valence-corrected chi connectivity index (χ1v) is 9.33. The molecule has 2 aliphatic rings. The second-order valence-corrected chi connectivity index (χ2v) is 7.06. The first-order valence-electron chi connectivity index (χ1n) is 9.33. The van der Waals surface area contributed by atoms with E-state index in [1.807, 2.05) is 41.6 Å². The second-order valence-electron chi connectivity index (χ2n) is 7.06. The third-order valence-corrected chi connectivity index (χ3v) is 5.32. The maximum atomic E-state index is 12.8. The first-order chi connectivity index (χ1) is 12.8. The minimum Gasteiger partial charge on any atom is -0.335 e. The van der Waals surface area contributed by atoms with Gasteiger partial charge in [0.15, 0.2) is 0 Å². The predicted octanol–water partition coefficient (Wildman–Crippen LogP) is 1.40. The molecule has 0 radical (unpaired) electrons. The van der Waals surface area contributed by atoms with Crippen LogP contribution in [0.3, 0.4) is 0 Å². The Morgan fingerprint density at radius 2 is 1.85 bits per heavy atom. The van der Waals surface area contributed by atoms with E-state index in [4.69, 9.17) is 0 Å². The number of hydrogen-bond donors (Lipinski definition) is 0. The lowest BCUT2D eigenvalue weighted by atomic mass is 10.1. The van der Waals surface area contributed by atoms with Gasteiger partial charge in [-0.25, -0.2) is 0 Å². The van der Waals surface area contributed by atoms with Crippen LogP contribution in [0, 0.1) is 0 Å². The van der Waals surface area contributed by atoms with Gasteiger partial charge in [0.2, 0.25) is 5.91 Å². The average Bonchev–Trinajstić information content (AvgIpc) is 3.05. The average molecular weight is 351 g/mol. The van der Waals surface area contributed by atoms with Gasteiger partial charge in [0, 0.05) is 57.9 Å². The molecule has 136 valence electrons. The number of rotatable bonds is 5. The van der Waals surface area contributed by atoms with Crippen molar-refractivity contribution >= 4 is 5.91 Å². The largest absolute Gasteiger partial charge is 0.335 e. The van der Waals surface area contributed by atoms with Gasteiger partial charge in [0.05, 0.1) is 18.3 Å². The highest BCUT2D eigenvalue weighted by Crippen LogP contribution is 2.21. The quantitative estimate of drug-likeness (QED) is 0.815. The molecule has 26 heavy (non-hydrogen) atoms. The van der Waals surface area contributed by atoms with Crippen molar-refractivity contribution in [3.8, 4) is 0 Å². The number of hydrogen-bond acceptors (Lipinski definition) is 5. The molecule has 0 N–H and O–H groups in total. The number of carbonyl (C=O) groups is 1. The molecule has 0 spiro atoms. The van der Waals surface area contributed by atoms with Crippen molar-refractivity contribution in [2.45, 2.75) is 25.6 Å². The Bertz CT molecular complexity index is 715. The molecule has 1 amide bonds. The van der Waals surface area contributed by atoms with E-state index in [-0.39, 0.29) is 11.9 Å². The fourth-order valence-electron chi connectivity index (χ4n) is 3.89. The first kappa shape index (κ1) is 17.1. The second kappa shape index (κ2) is 7.93. The molecule has 2 fully saturated rings. The van der Waals surface area contributed by atoms with E-state index in [0.29, 0.717) is 6.54 Å². The van der Waals surface area contributed by atoms with Gasteiger partial charge in [-0.3, -0.25) is 24.6 Å². The summed E-state index contributed by atoms with van der Waals surface area (Å²) in [6.45, 7) is 6.29. The van der Waals surface area contributed by atoms with Crippen LogP contribution in [-0.2, 0) is 17.9 Å². The molecule has 2 aromatic heterocycles. The Balaban J connectivity index is 1.29. The van der Waals surface area contributed by atoms with Crippen molar-refractivity contribution in [1.29, 1.82) is 0 Å². The summed E-state index contributed by atoms with van der Waals surface area (Å²) in [6.07, 6.45) is 6.45. The van der Waals surface area contributed by atoms with Crippen LogP contribution >= 0.6 is 0 Å². The Hall–Kier alpha value is -2.31. The van der Waals surface area contributed by atoms with Crippen LogP contribution in [0.5, 0.6) is 0 Å². The zero-order chi connectivity index (χ0) is 17.8. The lowest BCUT2D eigenvalue weighted by Gasteiger charge is -2.37. The molecule has 4 heterocycles. The summed E-state index contributed by atoms with van der Waals surface area (Å²) in [5.74, 6) is 0.261. The molecule has 1 unspecified atom stereocenters. The Kier molecular flexibility index (Phi) is 5.22. The molecule has 0 bridgehead atoms. The van der Waals surface area contributed by atoms with Gasteiger partial charge >= 0.3 is 0 Å². The molecular formula is C20H25N5O. The Morgan fingerprint density at radius 3 is 2.58 bits per heavy atom. The summed E-state index contributed by atoms with van der Waals surface area (Å²) in [4.78, 5) is 28.1. The van der Waals surface area contributed by atoms with E-state index in [9.17, 15) is 4.79 Å². The molecule has 1 atom stereocenters. The lowest BCUT2D eigenvalue weighted by molar-refractivity contribution is -0.133. The molecule has 0 aromatic carbocycles. The van der Waals surface area contributed by atoms with Crippen molar-refractivity contribution in [1.82, 2.24) is 24.7 Å². The molecule has 2 saturated heterocycles. The van der Waals surface area contributed by atoms with Crippen LogP contribution in [0.15, 0.2) is 48.9 Å². The zero-order valence-electron chi connectivity index (χ0n) is 15.0. The van der Waals surface area contributed by atoms with E-state index in [2.05, 4.69) is 25.8 Å². The molecular weight excluding hydrogens is 326 g/mol. The topological polar surface area (TPSA) is 52.6 Å². The van der Waals surface area contributed by atoms with Crippen LogP contribution < -0.4 is 0 Å². The van der Waals surface area contributed by atoms with Crippen molar-refractivity contribution in [3.05, 3.63) is 60.2 Å². The molecule has 2 aliphatic heterocycles. The summed E-state index contributed by atoms with van der Waals surface area (Å²) < 4.78 is 0. The minimum absolute atomic E-state index is 0.0410. The maximum Gasteiger partial charge on any atom is 0.240 e. The fraction of sp³-hybridized carbons (Fsp3) is 0.450. The maximum absolute atomic E-state index is 12.8. The summed E-state index contributed by atoms with van der Waals surface area (Å²) in [7, 11) is 0.